The number of benzene rings is 2. The predicted molar refractivity (Wildman–Crippen MR) is 100 cm³/mol. The minimum Gasteiger partial charge on any atom is -0.508 e. The Labute approximate surface area is 151 Å². The van der Waals surface area contributed by atoms with E-state index in [4.69, 9.17) is 16.0 Å². The highest BCUT2D eigenvalue weighted by molar-refractivity contribution is 6.30. The van der Waals surface area contributed by atoms with Gasteiger partial charge in [-0.15, -0.1) is 0 Å². The van der Waals surface area contributed by atoms with Crippen molar-refractivity contribution < 1.29 is 9.52 Å². The third-order valence-corrected chi connectivity index (χ3v) is 4.47. The monoisotopic (exact) mass is 357 g/mol. The molecule has 0 fully saturated rings. The number of aromatic hydroxyl groups is 1. The average molecular weight is 358 g/mol. The van der Waals surface area contributed by atoms with Crippen molar-refractivity contribution in [3.05, 3.63) is 74.6 Å². The van der Waals surface area contributed by atoms with E-state index in [1.807, 2.05) is 44.3 Å². The van der Waals surface area contributed by atoms with E-state index < -0.39 is 5.63 Å². The van der Waals surface area contributed by atoms with Gasteiger partial charge in [-0.05, 0) is 48.4 Å². The van der Waals surface area contributed by atoms with Crippen molar-refractivity contribution in [2.75, 3.05) is 7.05 Å². The van der Waals surface area contributed by atoms with E-state index in [9.17, 15) is 9.90 Å². The lowest BCUT2D eigenvalue weighted by Gasteiger charge is -2.18. The molecule has 1 aromatic heterocycles. The normalized spacial score (nSPS) is 11.4. The molecule has 0 bridgehead atoms. The van der Waals surface area contributed by atoms with Crippen LogP contribution in [-0.2, 0) is 19.5 Å². The number of hydrogen-bond acceptors (Lipinski definition) is 4. The zero-order valence-corrected chi connectivity index (χ0v) is 15.0. The second kappa shape index (κ2) is 7.30. The summed E-state index contributed by atoms with van der Waals surface area (Å²) in [5.74, 6) is 0.157. The zero-order valence-electron chi connectivity index (χ0n) is 14.3. The van der Waals surface area contributed by atoms with E-state index >= 15 is 0 Å². The van der Waals surface area contributed by atoms with Crippen LogP contribution in [0.1, 0.15) is 23.6 Å². The van der Waals surface area contributed by atoms with Gasteiger partial charge in [-0.1, -0.05) is 30.7 Å². The lowest BCUT2D eigenvalue weighted by molar-refractivity contribution is 0.319. The maximum atomic E-state index is 11.9. The fraction of sp³-hybridized carbons (Fsp3) is 0.250. The summed E-state index contributed by atoms with van der Waals surface area (Å²) in [6, 6.07) is 12.7. The summed E-state index contributed by atoms with van der Waals surface area (Å²) in [5, 5.41) is 11.6. The van der Waals surface area contributed by atoms with Crippen molar-refractivity contribution in [3.63, 3.8) is 0 Å². The molecule has 0 aliphatic carbocycles. The number of hydrogen-bond donors (Lipinski definition) is 1. The Balaban J connectivity index is 1.91. The molecule has 4 nitrogen and oxygen atoms in total. The van der Waals surface area contributed by atoms with Crippen LogP contribution in [0.4, 0.5) is 0 Å². The molecule has 0 atom stereocenters. The van der Waals surface area contributed by atoms with Gasteiger partial charge >= 0.3 is 5.63 Å². The number of phenols is 1. The Morgan fingerprint density at radius 1 is 1.08 bits per heavy atom. The van der Waals surface area contributed by atoms with Crippen LogP contribution in [0.3, 0.4) is 0 Å². The summed E-state index contributed by atoms with van der Waals surface area (Å²) >= 11 is 5.92. The first-order valence-electron chi connectivity index (χ1n) is 8.18. The summed E-state index contributed by atoms with van der Waals surface area (Å²) in [6.07, 6.45) is 0.709. The van der Waals surface area contributed by atoms with Crippen molar-refractivity contribution >= 4 is 22.6 Å². The Morgan fingerprint density at radius 2 is 1.80 bits per heavy atom. The van der Waals surface area contributed by atoms with Crippen LogP contribution in [0.2, 0.25) is 5.02 Å². The Morgan fingerprint density at radius 3 is 2.48 bits per heavy atom. The van der Waals surface area contributed by atoms with Crippen LogP contribution in [-0.4, -0.2) is 17.1 Å². The highest BCUT2D eigenvalue weighted by Crippen LogP contribution is 2.27. The Bertz CT molecular complexity index is 948. The van der Waals surface area contributed by atoms with Gasteiger partial charge < -0.3 is 9.52 Å². The van der Waals surface area contributed by atoms with Crippen LogP contribution in [0.25, 0.3) is 11.0 Å². The first kappa shape index (κ1) is 17.5. The molecular formula is C20H20ClNO3. The molecule has 0 spiro atoms. The first-order chi connectivity index (χ1) is 12.0. The fourth-order valence-corrected chi connectivity index (χ4v) is 3.10. The van der Waals surface area contributed by atoms with Crippen LogP contribution >= 0.6 is 11.6 Å². The molecule has 25 heavy (non-hydrogen) atoms. The minimum atomic E-state index is -0.411. The van der Waals surface area contributed by atoms with E-state index in [0.29, 0.717) is 23.6 Å². The third kappa shape index (κ3) is 4.03. The van der Waals surface area contributed by atoms with Gasteiger partial charge in [0.1, 0.15) is 11.3 Å². The van der Waals surface area contributed by atoms with Crippen molar-refractivity contribution in [1.29, 1.82) is 0 Å². The zero-order chi connectivity index (χ0) is 18.0. The summed E-state index contributed by atoms with van der Waals surface area (Å²) in [5.41, 5.74) is 2.87. The van der Waals surface area contributed by atoms with Crippen molar-refractivity contribution in [2.45, 2.75) is 26.4 Å². The molecule has 3 rings (SSSR count). The molecule has 5 heteroatoms. The predicted octanol–water partition coefficient (Wildman–Crippen LogP) is 4.35. The molecule has 130 valence electrons. The second-order valence-corrected chi connectivity index (χ2v) is 6.66. The second-order valence-electron chi connectivity index (χ2n) is 6.22. The molecule has 1 N–H and O–H groups in total. The average Bonchev–Trinajstić information content (AvgIpc) is 2.56. The molecule has 0 saturated heterocycles. The topological polar surface area (TPSA) is 53.7 Å². The number of nitrogens with zero attached hydrogens (tertiary/aromatic N) is 1. The van der Waals surface area contributed by atoms with Gasteiger partial charge in [0, 0.05) is 35.6 Å². The fourth-order valence-electron chi connectivity index (χ4n) is 2.97. The quantitative estimate of drug-likeness (QED) is 0.690. The van der Waals surface area contributed by atoms with Gasteiger partial charge in [-0.3, -0.25) is 4.90 Å². The molecule has 0 saturated carbocycles. The van der Waals surface area contributed by atoms with Crippen LogP contribution < -0.4 is 5.63 Å². The number of halogens is 1. The lowest BCUT2D eigenvalue weighted by atomic mass is 10.0. The van der Waals surface area contributed by atoms with Crippen molar-refractivity contribution in [1.82, 2.24) is 4.90 Å². The van der Waals surface area contributed by atoms with Gasteiger partial charge in [0.2, 0.25) is 0 Å². The van der Waals surface area contributed by atoms with Gasteiger partial charge in [-0.2, -0.15) is 0 Å². The largest absolute Gasteiger partial charge is 0.508 e. The van der Waals surface area contributed by atoms with E-state index in [2.05, 4.69) is 4.90 Å². The standard InChI is InChI=1S/C20H20ClNO3/c1-3-14-8-17-15(9-20(24)25-19(17)10-18(14)23)12-22(2)11-13-4-6-16(21)7-5-13/h4-10,23H,3,11-12H2,1-2H3. The molecule has 0 amide bonds. The number of phenolic OH excluding ortho intramolecular Hbond substituents is 1. The molecular weight excluding hydrogens is 338 g/mol. The molecule has 3 aromatic rings. The van der Waals surface area contributed by atoms with E-state index in [1.54, 1.807) is 0 Å². The summed E-state index contributed by atoms with van der Waals surface area (Å²) < 4.78 is 5.25. The van der Waals surface area contributed by atoms with Gasteiger partial charge in [0.25, 0.3) is 0 Å². The molecule has 0 aliphatic heterocycles. The maximum absolute atomic E-state index is 11.9. The lowest BCUT2D eigenvalue weighted by Crippen LogP contribution is -2.18. The molecule has 1 heterocycles. The SMILES string of the molecule is CCc1cc2c(CN(C)Cc3ccc(Cl)cc3)cc(=O)oc2cc1O. The van der Waals surface area contributed by atoms with E-state index in [0.717, 1.165) is 28.6 Å². The summed E-state index contributed by atoms with van der Waals surface area (Å²) in [6.45, 7) is 3.31. The van der Waals surface area contributed by atoms with Crippen LogP contribution in [0, 0.1) is 0 Å². The molecule has 0 unspecified atom stereocenters. The highest BCUT2D eigenvalue weighted by Gasteiger charge is 2.12. The minimum absolute atomic E-state index is 0.157. The van der Waals surface area contributed by atoms with E-state index in [1.165, 1.54) is 12.1 Å². The summed E-state index contributed by atoms with van der Waals surface area (Å²) in [4.78, 5) is 14.0. The first-order valence-corrected chi connectivity index (χ1v) is 8.55. The Kier molecular flexibility index (Phi) is 5.11. The van der Waals surface area contributed by atoms with Crippen LogP contribution in [0.15, 0.2) is 51.7 Å². The molecule has 0 aliphatic rings. The van der Waals surface area contributed by atoms with E-state index in [-0.39, 0.29) is 5.75 Å². The maximum Gasteiger partial charge on any atom is 0.336 e. The van der Waals surface area contributed by atoms with Gasteiger partial charge in [-0.25, -0.2) is 4.79 Å². The van der Waals surface area contributed by atoms with Gasteiger partial charge in [0.15, 0.2) is 0 Å². The molecule has 0 radical (unpaired) electrons. The highest BCUT2D eigenvalue weighted by atomic mass is 35.5. The molecule has 2 aromatic carbocycles. The summed E-state index contributed by atoms with van der Waals surface area (Å²) in [7, 11) is 2.00. The van der Waals surface area contributed by atoms with Gasteiger partial charge in [0.05, 0.1) is 0 Å². The van der Waals surface area contributed by atoms with Crippen molar-refractivity contribution in [3.8, 4) is 5.75 Å². The number of aryl methyl sites for hydroxylation is 1. The van der Waals surface area contributed by atoms with Crippen LogP contribution in [0.5, 0.6) is 5.75 Å². The smallest absolute Gasteiger partial charge is 0.336 e. The number of fused-ring (bicyclic) bond motifs is 1. The number of rotatable bonds is 5. The third-order valence-electron chi connectivity index (χ3n) is 4.22. The van der Waals surface area contributed by atoms with Crippen molar-refractivity contribution in [2.24, 2.45) is 0 Å². The Hall–Kier alpha value is -2.30.